The van der Waals surface area contributed by atoms with Gasteiger partial charge in [-0.05, 0) is 61.8 Å². The Morgan fingerprint density at radius 1 is 1.28 bits per heavy atom. The van der Waals surface area contributed by atoms with Crippen molar-refractivity contribution < 1.29 is 14.0 Å². The fourth-order valence-electron chi connectivity index (χ4n) is 4.44. The number of carbonyl (C=O) groups is 1. The van der Waals surface area contributed by atoms with E-state index in [2.05, 4.69) is 10.3 Å². The highest BCUT2D eigenvalue weighted by Crippen LogP contribution is 2.37. The first kappa shape index (κ1) is 19.5. The average molecular weight is 397 g/mol. The highest BCUT2D eigenvalue weighted by atomic mass is 19.1. The molecule has 0 bridgehead atoms. The lowest BCUT2D eigenvalue weighted by Crippen LogP contribution is -2.36. The standard InChI is InChI=1S/C21H24FN5O2/c1-26-13-19(24-25-26)10-14-2-4-16(5-3-14)21(28)27-20(6-7-29-27)17-8-15(12-23)9-18(22)11-17/h8-9,11,13-14,16,20H,2-7,10H2,1H3/t14-,16-,20-/m0/s1. The van der Waals surface area contributed by atoms with Crippen LogP contribution in [0.4, 0.5) is 4.39 Å². The molecule has 152 valence electrons. The van der Waals surface area contributed by atoms with Crippen molar-refractivity contribution in [2.45, 2.75) is 44.6 Å². The first-order valence-electron chi connectivity index (χ1n) is 10.0. The van der Waals surface area contributed by atoms with Gasteiger partial charge in [0.05, 0.1) is 30.0 Å². The molecule has 0 radical (unpaired) electrons. The molecule has 2 aromatic rings. The Labute approximate surface area is 169 Å². The lowest BCUT2D eigenvalue weighted by atomic mass is 9.79. The molecule has 1 aliphatic carbocycles. The Balaban J connectivity index is 1.39. The monoisotopic (exact) mass is 397 g/mol. The molecular formula is C21H24FN5O2. The summed E-state index contributed by atoms with van der Waals surface area (Å²) in [4.78, 5) is 18.7. The normalized spacial score (nSPS) is 24.4. The summed E-state index contributed by atoms with van der Waals surface area (Å²) in [6.45, 7) is 0.414. The Bertz CT molecular complexity index is 929. The minimum absolute atomic E-state index is 0.0341. The highest BCUT2D eigenvalue weighted by molar-refractivity contribution is 5.78. The number of benzene rings is 1. The van der Waals surface area contributed by atoms with Gasteiger partial charge in [0.15, 0.2) is 0 Å². The molecular weight excluding hydrogens is 373 g/mol. The van der Waals surface area contributed by atoms with Crippen LogP contribution in [-0.4, -0.2) is 32.6 Å². The fraction of sp³-hybridized carbons (Fsp3) is 0.524. The molecule has 1 aromatic heterocycles. The number of carbonyl (C=O) groups excluding carboxylic acids is 1. The van der Waals surface area contributed by atoms with Gasteiger partial charge in [-0.2, -0.15) is 5.26 Å². The molecule has 0 unspecified atom stereocenters. The van der Waals surface area contributed by atoms with Gasteiger partial charge in [0.25, 0.3) is 0 Å². The third-order valence-electron chi connectivity index (χ3n) is 5.90. The van der Waals surface area contributed by atoms with Crippen LogP contribution in [0.1, 0.15) is 55.0 Å². The molecule has 0 N–H and O–H groups in total. The predicted octanol–water partition coefficient (Wildman–Crippen LogP) is 3.08. The summed E-state index contributed by atoms with van der Waals surface area (Å²) >= 11 is 0. The van der Waals surface area contributed by atoms with Gasteiger partial charge < -0.3 is 0 Å². The van der Waals surface area contributed by atoms with Gasteiger partial charge in [-0.1, -0.05) is 5.21 Å². The highest BCUT2D eigenvalue weighted by Gasteiger charge is 2.37. The minimum Gasteiger partial charge on any atom is -0.272 e. The number of hydrogen-bond acceptors (Lipinski definition) is 5. The second-order valence-corrected chi connectivity index (χ2v) is 7.99. The van der Waals surface area contributed by atoms with Crippen LogP contribution < -0.4 is 0 Å². The lowest BCUT2D eigenvalue weighted by Gasteiger charge is -2.31. The fourth-order valence-corrected chi connectivity index (χ4v) is 4.44. The zero-order valence-electron chi connectivity index (χ0n) is 16.4. The summed E-state index contributed by atoms with van der Waals surface area (Å²) in [5.41, 5.74) is 1.86. The van der Waals surface area contributed by atoms with E-state index in [1.807, 2.05) is 19.3 Å². The summed E-state index contributed by atoms with van der Waals surface area (Å²) in [6, 6.07) is 5.85. The molecule has 1 saturated heterocycles. The van der Waals surface area contributed by atoms with Gasteiger partial charge in [0.1, 0.15) is 5.82 Å². The second kappa shape index (κ2) is 8.29. The lowest BCUT2D eigenvalue weighted by molar-refractivity contribution is -0.183. The van der Waals surface area contributed by atoms with Gasteiger partial charge in [-0.3, -0.25) is 14.3 Å². The molecule has 0 spiro atoms. The van der Waals surface area contributed by atoms with Crippen LogP contribution >= 0.6 is 0 Å². The number of hydrogen-bond donors (Lipinski definition) is 0. The maximum Gasteiger partial charge on any atom is 0.249 e. The van der Waals surface area contributed by atoms with Crippen molar-refractivity contribution in [2.24, 2.45) is 18.9 Å². The number of rotatable bonds is 4. The zero-order valence-corrected chi connectivity index (χ0v) is 16.4. The summed E-state index contributed by atoms with van der Waals surface area (Å²) in [5.74, 6) is -0.0822. The number of halogens is 1. The molecule has 2 heterocycles. The zero-order chi connectivity index (χ0) is 20.4. The van der Waals surface area contributed by atoms with Gasteiger partial charge in [0, 0.05) is 25.6 Å². The van der Waals surface area contributed by atoms with Crippen molar-refractivity contribution in [2.75, 3.05) is 6.61 Å². The van der Waals surface area contributed by atoms with Crippen LogP contribution in [0.2, 0.25) is 0 Å². The molecule has 7 nitrogen and oxygen atoms in total. The van der Waals surface area contributed by atoms with E-state index in [-0.39, 0.29) is 23.4 Å². The average Bonchev–Trinajstić information content (AvgIpc) is 3.36. The van der Waals surface area contributed by atoms with Gasteiger partial charge in [-0.25, -0.2) is 9.45 Å². The molecule has 8 heteroatoms. The predicted molar refractivity (Wildman–Crippen MR) is 101 cm³/mol. The SMILES string of the molecule is Cn1cc(C[C@H]2CC[C@H](C(=O)N3OCC[C@H]3c3cc(F)cc(C#N)c3)CC2)nn1. The van der Waals surface area contributed by atoms with Gasteiger partial charge >= 0.3 is 0 Å². The quantitative estimate of drug-likeness (QED) is 0.792. The molecule has 2 fully saturated rings. The van der Waals surface area contributed by atoms with E-state index in [9.17, 15) is 9.18 Å². The molecule has 29 heavy (non-hydrogen) atoms. The maximum absolute atomic E-state index is 13.9. The minimum atomic E-state index is -0.470. The van der Waals surface area contributed by atoms with E-state index < -0.39 is 5.82 Å². The molecule has 1 saturated carbocycles. The topological polar surface area (TPSA) is 84.0 Å². The summed E-state index contributed by atoms with van der Waals surface area (Å²) < 4.78 is 15.6. The summed E-state index contributed by atoms with van der Waals surface area (Å²) in [6.07, 6.45) is 6.97. The van der Waals surface area contributed by atoms with E-state index >= 15 is 0 Å². The van der Waals surface area contributed by atoms with Crippen LogP contribution in [0.25, 0.3) is 0 Å². The van der Waals surface area contributed by atoms with Gasteiger partial charge in [0.2, 0.25) is 5.91 Å². The molecule has 1 aliphatic heterocycles. The molecule has 2 aliphatic rings. The number of hydroxylamine groups is 2. The number of nitriles is 1. The molecule has 1 amide bonds. The number of nitrogens with zero attached hydrogens (tertiary/aromatic N) is 5. The van der Waals surface area contributed by atoms with E-state index in [0.717, 1.165) is 37.8 Å². The first-order chi connectivity index (χ1) is 14.0. The van der Waals surface area contributed by atoms with E-state index in [0.29, 0.717) is 24.5 Å². The van der Waals surface area contributed by atoms with Crippen molar-refractivity contribution in [1.82, 2.24) is 20.1 Å². The number of aromatic nitrogens is 3. The van der Waals surface area contributed by atoms with Crippen LogP contribution in [0.5, 0.6) is 0 Å². The van der Waals surface area contributed by atoms with Crippen LogP contribution in [-0.2, 0) is 23.1 Å². The smallest absolute Gasteiger partial charge is 0.249 e. The van der Waals surface area contributed by atoms with Crippen LogP contribution in [0.3, 0.4) is 0 Å². The van der Waals surface area contributed by atoms with Gasteiger partial charge in [-0.15, -0.1) is 5.10 Å². The third-order valence-corrected chi connectivity index (χ3v) is 5.90. The van der Waals surface area contributed by atoms with Crippen LogP contribution in [0.15, 0.2) is 24.4 Å². The third kappa shape index (κ3) is 4.30. The molecule has 1 aromatic carbocycles. The van der Waals surface area contributed by atoms with E-state index in [4.69, 9.17) is 10.1 Å². The van der Waals surface area contributed by atoms with Crippen molar-refractivity contribution in [3.05, 3.63) is 47.0 Å². The Hall–Kier alpha value is -2.79. The van der Waals surface area contributed by atoms with Crippen molar-refractivity contribution in [1.29, 1.82) is 5.26 Å². The number of amides is 1. The number of aryl methyl sites for hydroxylation is 1. The van der Waals surface area contributed by atoms with E-state index in [1.54, 1.807) is 10.7 Å². The second-order valence-electron chi connectivity index (χ2n) is 7.99. The van der Waals surface area contributed by atoms with E-state index in [1.165, 1.54) is 17.2 Å². The Morgan fingerprint density at radius 3 is 2.76 bits per heavy atom. The largest absolute Gasteiger partial charge is 0.272 e. The van der Waals surface area contributed by atoms with Crippen LogP contribution in [0, 0.1) is 29.0 Å². The molecule has 4 rings (SSSR count). The Kier molecular flexibility index (Phi) is 5.58. The maximum atomic E-state index is 13.9. The first-order valence-corrected chi connectivity index (χ1v) is 10.0. The van der Waals surface area contributed by atoms with Crippen molar-refractivity contribution in [3.63, 3.8) is 0 Å². The summed E-state index contributed by atoms with van der Waals surface area (Å²) in [7, 11) is 1.86. The molecule has 1 atom stereocenters. The summed E-state index contributed by atoms with van der Waals surface area (Å²) in [5, 5.41) is 18.7. The van der Waals surface area contributed by atoms with Crippen molar-refractivity contribution in [3.8, 4) is 6.07 Å². The van der Waals surface area contributed by atoms with Crippen molar-refractivity contribution >= 4 is 5.91 Å². The Morgan fingerprint density at radius 2 is 2.07 bits per heavy atom.